The number of hydrogen-bond acceptors (Lipinski definition) is 2. The van der Waals surface area contributed by atoms with Gasteiger partial charge in [0.1, 0.15) is 11.6 Å². The van der Waals surface area contributed by atoms with Crippen LogP contribution in [-0.2, 0) is 0 Å². The maximum atomic E-state index is 13.4. The van der Waals surface area contributed by atoms with Gasteiger partial charge < -0.3 is 4.98 Å². The molecule has 16 heavy (non-hydrogen) atoms. The molecule has 0 aliphatic rings. The number of Topliss-reactive ketones (excluding diaryl/α,β-unsaturated/α-hetero) is 1. The lowest BCUT2D eigenvalue weighted by molar-refractivity contribution is 0.101. The normalized spacial score (nSPS) is 10.7. The molecule has 2 aromatic rings. The van der Waals surface area contributed by atoms with E-state index in [1.165, 1.54) is 6.92 Å². The molecule has 0 aliphatic carbocycles. The van der Waals surface area contributed by atoms with Gasteiger partial charge in [0.25, 0.3) is 0 Å². The number of aromatic nitrogens is 1. The zero-order valence-electron chi connectivity index (χ0n) is 8.30. The lowest BCUT2D eigenvalue weighted by Gasteiger charge is -2.02. The smallest absolute Gasteiger partial charge is 0.203 e. The highest BCUT2D eigenvalue weighted by molar-refractivity contribution is 5.97. The van der Waals surface area contributed by atoms with Crippen LogP contribution < -0.4 is 5.43 Å². The Morgan fingerprint density at radius 3 is 2.50 bits per heavy atom. The standard InChI is InChI=1S/C11H7F2NO2/c1-5(15)6-4-14-10-8(13)3-2-7(12)9(10)11(6)16/h2-4H,1H3,(H,14,16). The second kappa shape index (κ2) is 3.52. The summed E-state index contributed by atoms with van der Waals surface area (Å²) in [4.78, 5) is 25.2. The number of pyridine rings is 1. The van der Waals surface area contributed by atoms with Crippen molar-refractivity contribution in [1.82, 2.24) is 4.98 Å². The average molecular weight is 223 g/mol. The fourth-order valence-corrected chi connectivity index (χ4v) is 1.52. The Morgan fingerprint density at radius 1 is 1.25 bits per heavy atom. The first-order chi connectivity index (χ1) is 7.52. The van der Waals surface area contributed by atoms with Crippen LogP contribution in [-0.4, -0.2) is 10.8 Å². The monoisotopic (exact) mass is 223 g/mol. The molecule has 0 bridgehead atoms. The Balaban J connectivity index is 3.00. The van der Waals surface area contributed by atoms with Crippen molar-refractivity contribution in [3.05, 3.63) is 45.8 Å². The molecule has 0 saturated carbocycles. The number of halogens is 2. The van der Waals surface area contributed by atoms with Crippen molar-refractivity contribution in [2.45, 2.75) is 6.92 Å². The van der Waals surface area contributed by atoms with Crippen molar-refractivity contribution in [2.75, 3.05) is 0 Å². The third-order valence-corrected chi connectivity index (χ3v) is 2.32. The highest BCUT2D eigenvalue weighted by Crippen LogP contribution is 2.16. The fourth-order valence-electron chi connectivity index (χ4n) is 1.52. The molecule has 0 spiro atoms. The van der Waals surface area contributed by atoms with Crippen LogP contribution in [0.15, 0.2) is 23.1 Å². The maximum Gasteiger partial charge on any atom is 0.203 e. The summed E-state index contributed by atoms with van der Waals surface area (Å²) in [5.74, 6) is -2.07. The minimum Gasteiger partial charge on any atom is -0.358 e. The molecule has 82 valence electrons. The number of carbonyl (C=O) groups is 1. The van der Waals surface area contributed by atoms with Crippen LogP contribution in [0.2, 0.25) is 0 Å². The highest BCUT2D eigenvalue weighted by atomic mass is 19.1. The number of benzene rings is 1. The van der Waals surface area contributed by atoms with Gasteiger partial charge in [0.15, 0.2) is 5.78 Å². The van der Waals surface area contributed by atoms with Crippen molar-refractivity contribution < 1.29 is 13.6 Å². The molecule has 1 aromatic carbocycles. The second-order valence-corrected chi connectivity index (χ2v) is 3.37. The van der Waals surface area contributed by atoms with Gasteiger partial charge in [-0.1, -0.05) is 0 Å². The average Bonchev–Trinajstić information content (AvgIpc) is 2.23. The molecular formula is C11H7F2NO2. The second-order valence-electron chi connectivity index (χ2n) is 3.37. The molecule has 3 nitrogen and oxygen atoms in total. The van der Waals surface area contributed by atoms with E-state index in [2.05, 4.69) is 4.98 Å². The van der Waals surface area contributed by atoms with Crippen LogP contribution in [0.5, 0.6) is 0 Å². The Morgan fingerprint density at radius 2 is 1.88 bits per heavy atom. The third-order valence-electron chi connectivity index (χ3n) is 2.32. The van der Waals surface area contributed by atoms with E-state index in [-0.39, 0.29) is 11.1 Å². The van der Waals surface area contributed by atoms with Crippen LogP contribution in [0.25, 0.3) is 10.9 Å². The number of H-pyrrole nitrogens is 1. The number of ketones is 1. The van der Waals surface area contributed by atoms with E-state index in [1.807, 2.05) is 0 Å². The molecule has 5 heteroatoms. The number of rotatable bonds is 1. The van der Waals surface area contributed by atoms with Crippen LogP contribution >= 0.6 is 0 Å². The number of nitrogens with one attached hydrogen (secondary N) is 1. The Bertz CT molecular complexity index is 646. The number of carbonyl (C=O) groups excluding carboxylic acids is 1. The van der Waals surface area contributed by atoms with E-state index in [0.29, 0.717) is 0 Å². The predicted molar refractivity (Wildman–Crippen MR) is 54.5 cm³/mol. The summed E-state index contributed by atoms with van der Waals surface area (Å²) in [6.07, 6.45) is 1.09. The SMILES string of the molecule is CC(=O)c1c[nH]c2c(F)ccc(F)c2c1=O. The first-order valence-electron chi connectivity index (χ1n) is 4.52. The van der Waals surface area contributed by atoms with Gasteiger partial charge in [-0.05, 0) is 19.1 Å². The van der Waals surface area contributed by atoms with Gasteiger partial charge in [-0.15, -0.1) is 0 Å². The molecule has 0 amide bonds. The van der Waals surface area contributed by atoms with Crippen LogP contribution in [0.3, 0.4) is 0 Å². The van der Waals surface area contributed by atoms with Crippen molar-refractivity contribution >= 4 is 16.7 Å². The quantitative estimate of drug-likeness (QED) is 0.752. The zero-order valence-corrected chi connectivity index (χ0v) is 8.30. The minimum absolute atomic E-state index is 0.183. The van der Waals surface area contributed by atoms with Crippen molar-refractivity contribution in [2.24, 2.45) is 0 Å². The summed E-state index contributed by atoms with van der Waals surface area (Å²) < 4.78 is 26.6. The highest BCUT2D eigenvalue weighted by Gasteiger charge is 2.14. The summed E-state index contributed by atoms with van der Waals surface area (Å²) in [7, 11) is 0. The van der Waals surface area contributed by atoms with Gasteiger partial charge in [-0.3, -0.25) is 9.59 Å². The molecule has 2 rings (SSSR count). The van der Waals surface area contributed by atoms with Gasteiger partial charge >= 0.3 is 0 Å². The molecule has 1 N–H and O–H groups in total. The maximum absolute atomic E-state index is 13.4. The van der Waals surface area contributed by atoms with Crippen molar-refractivity contribution in [3.63, 3.8) is 0 Å². The summed E-state index contributed by atoms with van der Waals surface area (Å²) in [5, 5.41) is -0.423. The molecule has 0 aliphatic heterocycles. The van der Waals surface area contributed by atoms with Gasteiger partial charge in [-0.2, -0.15) is 0 Å². The van der Waals surface area contributed by atoms with Gasteiger partial charge in [-0.25, -0.2) is 8.78 Å². The van der Waals surface area contributed by atoms with Crippen molar-refractivity contribution in [3.8, 4) is 0 Å². The largest absolute Gasteiger partial charge is 0.358 e. The lowest BCUT2D eigenvalue weighted by atomic mass is 10.1. The third kappa shape index (κ3) is 1.41. The van der Waals surface area contributed by atoms with Crippen LogP contribution in [0, 0.1) is 11.6 Å². The topological polar surface area (TPSA) is 49.9 Å². The van der Waals surface area contributed by atoms with E-state index < -0.39 is 28.2 Å². The first kappa shape index (κ1) is 10.5. The molecule has 0 atom stereocenters. The number of aromatic amines is 1. The van der Waals surface area contributed by atoms with Gasteiger partial charge in [0, 0.05) is 6.20 Å². The van der Waals surface area contributed by atoms with Gasteiger partial charge in [0.05, 0.1) is 16.5 Å². The summed E-state index contributed by atoms with van der Waals surface area (Å²) >= 11 is 0. The number of fused-ring (bicyclic) bond motifs is 1. The van der Waals surface area contributed by atoms with E-state index >= 15 is 0 Å². The van der Waals surface area contributed by atoms with E-state index in [4.69, 9.17) is 0 Å². The van der Waals surface area contributed by atoms with E-state index in [9.17, 15) is 18.4 Å². The molecule has 1 aromatic heterocycles. The minimum atomic E-state index is -0.847. The lowest BCUT2D eigenvalue weighted by Crippen LogP contribution is -2.15. The molecule has 1 heterocycles. The molecular weight excluding hydrogens is 216 g/mol. The predicted octanol–water partition coefficient (Wildman–Crippen LogP) is 2.01. The summed E-state index contributed by atoms with van der Waals surface area (Å²) in [5.41, 5.74) is -1.20. The van der Waals surface area contributed by atoms with Crippen LogP contribution in [0.4, 0.5) is 8.78 Å². The molecule has 0 unspecified atom stereocenters. The summed E-state index contributed by atoms with van der Waals surface area (Å²) in [6.45, 7) is 1.19. The first-order valence-corrected chi connectivity index (χ1v) is 4.52. The van der Waals surface area contributed by atoms with E-state index in [0.717, 1.165) is 18.3 Å². The van der Waals surface area contributed by atoms with Gasteiger partial charge in [0.2, 0.25) is 5.43 Å². The van der Waals surface area contributed by atoms with Crippen LogP contribution in [0.1, 0.15) is 17.3 Å². The summed E-state index contributed by atoms with van der Waals surface area (Å²) in [6, 6.07) is 1.78. The van der Waals surface area contributed by atoms with E-state index in [1.54, 1.807) is 0 Å². The molecule has 0 fully saturated rings. The Hall–Kier alpha value is -2.04. The Kier molecular flexibility index (Phi) is 2.30. The zero-order chi connectivity index (χ0) is 11.9. The molecule has 0 saturated heterocycles. The number of hydrogen-bond donors (Lipinski definition) is 1. The fraction of sp³-hybridized carbons (Fsp3) is 0.0909. The van der Waals surface area contributed by atoms with Crippen molar-refractivity contribution in [1.29, 1.82) is 0 Å². The Labute approximate surface area is 88.7 Å². The molecule has 0 radical (unpaired) electrons.